The Morgan fingerprint density at radius 1 is 1.00 bits per heavy atom. The van der Waals surface area contributed by atoms with Gasteiger partial charge in [0, 0.05) is 37.6 Å². The van der Waals surface area contributed by atoms with Gasteiger partial charge >= 0.3 is 0 Å². The molecule has 1 fully saturated rings. The predicted molar refractivity (Wildman–Crippen MR) is 124 cm³/mol. The smallest absolute Gasteiger partial charge is 0.225 e. The van der Waals surface area contributed by atoms with Gasteiger partial charge in [0.15, 0.2) is 0 Å². The highest BCUT2D eigenvalue weighted by Crippen LogP contribution is 2.25. The SMILES string of the molecule is Cc1cccc(-n2nc(-c3ccccc3)cc2NC(=O)CCCC(=O)N2CCOCC2)c1. The highest BCUT2D eigenvalue weighted by atomic mass is 16.5. The molecule has 1 aliphatic heterocycles. The van der Waals surface area contributed by atoms with Crippen LogP contribution in [-0.4, -0.2) is 52.8 Å². The fourth-order valence-electron chi connectivity index (χ4n) is 3.75. The van der Waals surface area contributed by atoms with Gasteiger partial charge in [-0.2, -0.15) is 5.10 Å². The molecule has 7 nitrogen and oxygen atoms in total. The van der Waals surface area contributed by atoms with E-state index in [0.29, 0.717) is 45.0 Å². The number of ether oxygens (including phenoxy) is 1. The Hall–Kier alpha value is -3.45. The third kappa shape index (κ3) is 5.42. The van der Waals surface area contributed by atoms with Gasteiger partial charge in [0.1, 0.15) is 5.82 Å². The highest BCUT2D eigenvalue weighted by Gasteiger charge is 2.18. The van der Waals surface area contributed by atoms with Crippen LogP contribution in [0.1, 0.15) is 24.8 Å². The molecule has 7 heteroatoms. The molecule has 0 atom stereocenters. The zero-order valence-corrected chi connectivity index (χ0v) is 18.3. The maximum atomic E-state index is 12.7. The summed E-state index contributed by atoms with van der Waals surface area (Å²) in [6.07, 6.45) is 1.14. The molecule has 0 aliphatic carbocycles. The minimum Gasteiger partial charge on any atom is -0.378 e. The molecule has 1 saturated heterocycles. The average Bonchev–Trinajstić information content (AvgIpc) is 3.24. The Balaban J connectivity index is 1.45. The quantitative estimate of drug-likeness (QED) is 0.616. The van der Waals surface area contributed by atoms with Gasteiger partial charge in [0.2, 0.25) is 11.8 Å². The first-order valence-electron chi connectivity index (χ1n) is 11.0. The molecular formula is C25H28N4O3. The first-order valence-corrected chi connectivity index (χ1v) is 11.0. The molecule has 166 valence electrons. The van der Waals surface area contributed by atoms with Crippen LogP contribution < -0.4 is 5.32 Å². The van der Waals surface area contributed by atoms with Gasteiger partial charge in [0.05, 0.1) is 24.6 Å². The van der Waals surface area contributed by atoms with Crippen molar-refractivity contribution in [2.24, 2.45) is 0 Å². The van der Waals surface area contributed by atoms with Crippen molar-refractivity contribution in [3.63, 3.8) is 0 Å². The number of benzene rings is 2. The number of rotatable bonds is 7. The van der Waals surface area contributed by atoms with E-state index in [1.54, 1.807) is 9.58 Å². The number of morpholine rings is 1. The number of hydrogen-bond donors (Lipinski definition) is 1. The van der Waals surface area contributed by atoms with E-state index in [-0.39, 0.29) is 18.2 Å². The number of hydrogen-bond acceptors (Lipinski definition) is 4. The lowest BCUT2D eigenvalue weighted by molar-refractivity contribution is -0.135. The zero-order valence-electron chi connectivity index (χ0n) is 18.3. The first kappa shape index (κ1) is 21.8. The van der Waals surface area contributed by atoms with Crippen LogP contribution in [0.4, 0.5) is 5.82 Å². The van der Waals surface area contributed by atoms with Crippen molar-refractivity contribution in [2.75, 3.05) is 31.6 Å². The monoisotopic (exact) mass is 432 g/mol. The Morgan fingerprint density at radius 2 is 1.78 bits per heavy atom. The molecule has 4 rings (SSSR count). The zero-order chi connectivity index (χ0) is 22.3. The van der Waals surface area contributed by atoms with Gasteiger partial charge in [0.25, 0.3) is 0 Å². The van der Waals surface area contributed by atoms with Crippen LogP contribution in [0.3, 0.4) is 0 Å². The number of nitrogens with one attached hydrogen (secondary N) is 1. The van der Waals surface area contributed by atoms with Gasteiger partial charge in [-0.15, -0.1) is 0 Å². The van der Waals surface area contributed by atoms with E-state index in [9.17, 15) is 9.59 Å². The third-order valence-corrected chi connectivity index (χ3v) is 5.45. The molecule has 3 aromatic rings. The Bertz CT molecular complexity index is 1070. The van der Waals surface area contributed by atoms with E-state index in [4.69, 9.17) is 9.84 Å². The van der Waals surface area contributed by atoms with Gasteiger partial charge in [-0.1, -0.05) is 42.5 Å². The van der Waals surface area contributed by atoms with Gasteiger partial charge < -0.3 is 15.0 Å². The Labute approximate surface area is 188 Å². The predicted octanol–water partition coefficient (Wildman–Crippen LogP) is 3.82. The Kier molecular flexibility index (Phi) is 6.97. The molecule has 2 heterocycles. The topological polar surface area (TPSA) is 76.5 Å². The molecule has 1 aliphatic rings. The molecule has 0 spiro atoms. The minimum absolute atomic E-state index is 0.0808. The van der Waals surface area contributed by atoms with Crippen LogP contribution in [0.15, 0.2) is 60.7 Å². The summed E-state index contributed by atoms with van der Waals surface area (Å²) in [6, 6.07) is 19.7. The van der Waals surface area contributed by atoms with Crippen molar-refractivity contribution in [1.29, 1.82) is 0 Å². The first-order chi connectivity index (χ1) is 15.6. The lowest BCUT2D eigenvalue weighted by Crippen LogP contribution is -2.40. The second-order valence-corrected chi connectivity index (χ2v) is 7.93. The molecule has 1 N–H and O–H groups in total. The van der Waals surface area contributed by atoms with Crippen molar-refractivity contribution in [2.45, 2.75) is 26.2 Å². The lowest BCUT2D eigenvalue weighted by atomic mass is 10.1. The summed E-state index contributed by atoms with van der Waals surface area (Å²) >= 11 is 0. The maximum Gasteiger partial charge on any atom is 0.225 e. The number of carbonyl (C=O) groups excluding carboxylic acids is 2. The summed E-state index contributed by atoms with van der Waals surface area (Å²) in [5, 5.41) is 7.73. The van der Waals surface area contributed by atoms with E-state index in [2.05, 4.69) is 5.32 Å². The number of anilines is 1. The van der Waals surface area contributed by atoms with Crippen LogP contribution >= 0.6 is 0 Å². The number of carbonyl (C=O) groups is 2. The number of nitrogens with zero attached hydrogens (tertiary/aromatic N) is 3. The van der Waals surface area contributed by atoms with Crippen LogP contribution in [0.2, 0.25) is 0 Å². The Morgan fingerprint density at radius 3 is 2.53 bits per heavy atom. The third-order valence-electron chi connectivity index (χ3n) is 5.45. The molecule has 0 unspecified atom stereocenters. The van der Waals surface area contributed by atoms with Crippen molar-refractivity contribution in [1.82, 2.24) is 14.7 Å². The molecule has 2 amide bonds. The fourth-order valence-corrected chi connectivity index (χ4v) is 3.75. The van der Waals surface area contributed by atoms with Crippen molar-refractivity contribution in [3.8, 4) is 16.9 Å². The fraction of sp³-hybridized carbons (Fsp3) is 0.320. The van der Waals surface area contributed by atoms with Gasteiger partial charge in [-0.05, 0) is 31.0 Å². The van der Waals surface area contributed by atoms with Crippen LogP contribution in [0, 0.1) is 6.92 Å². The second kappa shape index (κ2) is 10.2. The standard InChI is InChI=1S/C25H28N4O3/c1-19-7-5-10-21(17-19)29-23(18-22(27-29)20-8-3-2-4-9-20)26-24(30)11-6-12-25(31)28-13-15-32-16-14-28/h2-5,7-10,17-18H,6,11-16H2,1H3,(H,26,30). The second-order valence-electron chi connectivity index (χ2n) is 7.93. The van der Waals surface area contributed by atoms with E-state index >= 15 is 0 Å². The summed E-state index contributed by atoms with van der Waals surface area (Å²) in [5.74, 6) is 0.560. The normalized spacial score (nSPS) is 13.7. The molecule has 2 aromatic carbocycles. The number of aromatic nitrogens is 2. The van der Waals surface area contributed by atoms with E-state index in [0.717, 1.165) is 22.5 Å². The molecule has 0 saturated carbocycles. The van der Waals surface area contributed by atoms with Crippen molar-refractivity contribution >= 4 is 17.6 Å². The van der Waals surface area contributed by atoms with Gasteiger partial charge in [-0.3, -0.25) is 9.59 Å². The van der Waals surface area contributed by atoms with E-state index in [1.165, 1.54) is 0 Å². The summed E-state index contributed by atoms with van der Waals surface area (Å²) < 4.78 is 7.04. The largest absolute Gasteiger partial charge is 0.378 e. The van der Waals surface area contributed by atoms with Crippen LogP contribution in [0.5, 0.6) is 0 Å². The number of amides is 2. The van der Waals surface area contributed by atoms with Crippen LogP contribution in [0.25, 0.3) is 16.9 Å². The summed E-state index contributed by atoms with van der Waals surface area (Å²) in [4.78, 5) is 26.8. The minimum atomic E-state index is -0.131. The molecular weight excluding hydrogens is 404 g/mol. The van der Waals surface area contributed by atoms with E-state index < -0.39 is 0 Å². The lowest BCUT2D eigenvalue weighted by Gasteiger charge is -2.26. The highest BCUT2D eigenvalue weighted by molar-refractivity contribution is 5.91. The molecule has 0 bridgehead atoms. The van der Waals surface area contributed by atoms with Crippen molar-refractivity contribution < 1.29 is 14.3 Å². The van der Waals surface area contributed by atoms with Crippen LogP contribution in [-0.2, 0) is 14.3 Å². The van der Waals surface area contributed by atoms with E-state index in [1.807, 2.05) is 67.6 Å². The molecule has 1 aromatic heterocycles. The average molecular weight is 433 g/mol. The summed E-state index contributed by atoms with van der Waals surface area (Å²) in [5.41, 5.74) is 3.75. The summed E-state index contributed by atoms with van der Waals surface area (Å²) in [7, 11) is 0. The number of aryl methyl sites for hydroxylation is 1. The summed E-state index contributed by atoms with van der Waals surface area (Å²) in [6.45, 7) is 4.44. The molecule has 32 heavy (non-hydrogen) atoms. The maximum absolute atomic E-state index is 12.7. The molecule has 0 radical (unpaired) electrons. The van der Waals surface area contributed by atoms with Crippen molar-refractivity contribution in [3.05, 3.63) is 66.2 Å². The van der Waals surface area contributed by atoms with Gasteiger partial charge in [-0.25, -0.2) is 4.68 Å².